The molecule has 0 unspecified atom stereocenters. The van der Waals surface area contributed by atoms with Gasteiger partial charge in [-0.15, -0.1) is 11.3 Å². The third-order valence-electron chi connectivity index (χ3n) is 5.27. The van der Waals surface area contributed by atoms with Crippen molar-refractivity contribution in [1.82, 2.24) is 9.78 Å². The van der Waals surface area contributed by atoms with Crippen LogP contribution in [0.4, 0.5) is 0 Å². The van der Waals surface area contributed by atoms with Gasteiger partial charge in [0.05, 0.1) is 11.4 Å². The summed E-state index contributed by atoms with van der Waals surface area (Å²) in [6.07, 6.45) is 0. The van der Waals surface area contributed by atoms with Crippen LogP contribution in [0.1, 0.15) is 42.4 Å². The highest BCUT2D eigenvalue weighted by molar-refractivity contribution is 7.20. The van der Waals surface area contributed by atoms with Gasteiger partial charge in [0.1, 0.15) is 9.71 Å². The normalized spacial score (nSPS) is 11.1. The molecule has 0 aliphatic rings. The van der Waals surface area contributed by atoms with E-state index in [9.17, 15) is 9.59 Å². The quantitative estimate of drug-likeness (QED) is 0.274. The van der Waals surface area contributed by atoms with Crippen LogP contribution in [0.5, 0.6) is 0 Å². The molecule has 0 saturated carbocycles. The molecule has 0 N–H and O–H groups in total. The molecule has 0 aliphatic heterocycles. The van der Waals surface area contributed by atoms with Crippen LogP contribution in [0.25, 0.3) is 15.9 Å². The molecule has 2 aromatic heterocycles. The molecule has 158 valence electrons. The summed E-state index contributed by atoms with van der Waals surface area (Å²) >= 11 is 7.40. The summed E-state index contributed by atoms with van der Waals surface area (Å²) in [5, 5.41) is 6.04. The summed E-state index contributed by atoms with van der Waals surface area (Å²) in [6.45, 7) is 7.44. The zero-order valence-corrected chi connectivity index (χ0v) is 19.2. The second kappa shape index (κ2) is 8.29. The minimum Gasteiger partial charge on any atom is -0.453 e. The second-order valence-electron chi connectivity index (χ2n) is 7.56. The number of esters is 1. The Kier molecular flexibility index (Phi) is 5.69. The number of rotatable bonds is 5. The summed E-state index contributed by atoms with van der Waals surface area (Å²) in [7, 11) is 0. The Balaban J connectivity index is 1.56. The summed E-state index contributed by atoms with van der Waals surface area (Å²) in [4.78, 5) is 26.5. The van der Waals surface area contributed by atoms with Crippen molar-refractivity contribution in [1.29, 1.82) is 0 Å². The number of ether oxygens (including phenoxy) is 1. The molecule has 0 aliphatic carbocycles. The Labute approximate surface area is 189 Å². The summed E-state index contributed by atoms with van der Waals surface area (Å²) in [5.41, 5.74) is 5.23. The molecule has 0 radical (unpaired) electrons. The van der Waals surface area contributed by atoms with Gasteiger partial charge in [-0.25, -0.2) is 9.48 Å². The number of carbonyl (C=O) groups is 2. The van der Waals surface area contributed by atoms with Crippen LogP contribution >= 0.6 is 22.9 Å². The second-order valence-corrected chi connectivity index (χ2v) is 9.02. The highest BCUT2D eigenvalue weighted by atomic mass is 35.5. The van der Waals surface area contributed by atoms with Gasteiger partial charge in [-0.05, 0) is 74.7 Å². The molecule has 7 heteroatoms. The van der Waals surface area contributed by atoms with Crippen molar-refractivity contribution in [3.05, 3.63) is 80.3 Å². The van der Waals surface area contributed by atoms with Gasteiger partial charge in [-0.3, -0.25) is 4.79 Å². The van der Waals surface area contributed by atoms with Crippen LogP contribution in [-0.4, -0.2) is 28.1 Å². The van der Waals surface area contributed by atoms with Crippen molar-refractivity contribution < 1.29 is 14.3 Å². The van der Waals surface area contributed by atoms with Crippen molar-refractivity contribution in [2.24, 2.45) is 0 Å². The standard InChI is InChI=1S/C24H21ClN2O3S/c1-13-8-15(3)19(9-14(13)2)21(28)12-30-24(29)22-11-20-16(4)26-27(23(20)31-22)18-7-5-6-17(25)10-18/h5-11H,12H2,1-4H3. The number of aromatic nitrogens is 2. The van der Waals surface area contributed by atoms with Crippen LogP contribution in [0.2, 0.25) is 5.02 Å². The minimum absolute atomic E-state index is 0.212. The first kappa shape index (κ1) is 21.3. The van der Waals surface area contributed by atoms with Gasteiger partial charge in [-0.1, -0.05) is 23.7 Å². The lowest BCUT2D eigenvalue weighted by Crippen LogP contribution is -2.15. The molecule has 2 heterocycles. The molecule has 0 amide bonds. The van der Waals surface area contributed by atoms with E-state index in [0.717, 1.165) is 38.3 Å². The first-order valence-electron chi connectivity index (χ1n) is 9.78. The number of halogens is 1. The van der Waals surface area contributed by atoms with Gasteiger partial charge in [0, 0.05) is 16.0 Å². The highest BCUT2D eigenvalue weighted by Crippen LogP contribution is 2.31. The number of hydrogen-bond acceptors (Lipinski definition) is 5. The molecule has 4 aromatic rings. The lowest BCUT2D eigenvalue weighted by molar-refractivity contribution is 0.0479. The number of benzene rings is 2. The van der Waals surface area contributed by atoms with Crippen LogP contribution in [0, 0.1) is 27.7 Å². The SMILES string of the molecule is Cc1cc(C)c(C(=O)COC(=O)c2cc3c(C)nn(-c4cccc(Cl)c4)c3s2)cc1C. The van der Waals surface area contributed by atoms with Crippen molar-refractivity contribution in [3.8, 4) is 5.69 Å². The minimum atomic E-state index is -0.520. The predicted octanol–water partition coefficient (Wildman–Crippen LogP) is 6.01. The predicted molar refractivity (Wildman–Crippen MR) is 124 cm³/mol. The van der Waals surface area contributed by atoms with E-state index in [1.165, 1.54) is 11.3 Å². The maximum absolute atomic E-state index is 12.7. The maximum Gasteiger partial charge on any atom is 0.348 e. The van der Waals surface area contributed by atoms with Crippen LogP contribution in [-0.2, 0) is 4.74 Å². The topological polar surface area (TPSA) is 61.2 Å². The molecule has 31 heavy (non-hydrogen) atoms. The van der Waals surface area contributed by atoms with E-state index >= 15 is 0 Å². The summed E-state index contributed by atoms with van der Waals surface area (Å²) in [6, 6.07) is 12.9. The lowest BCUT2D eigenvalue weighted by atomic mass is 9.98. The fourth-order valence-electron chi connectivity index (χ4n) is 3.47. The largest absolute Gasteiger partial charge is 0.453 e. The number of fused-ring (bicyclic) bond motifs is 1. The van der Waals surface area contributed by atoms with Gasteiger partial charge in [0.2, 0.25) is 5.78 Å². The first-order valence-corrected chi connectivity index (χ1v) is 11.0. The van der Waals surface area contributed by atoms with E-state index < -0.39 is 5.97 Å². The van der Waals surface area contributed by atoms with E-state index in [0.29, 0.717) is 15.5 Å². The molecule has 0 fully saturated rings. The van der Waals surface area contributed by atoms with E-state index in [1.54, 1.807) is 16.8 Å². The first-order chi connectivity index (χ1) is 14.7. The Bertz CT molecular complexity index is 1340. The number of thiophene rings is 1. The fraction of sp³-hybridized carbons (Fsp3) is 0.208. The van der Waals surface area contributed by atoms with Crippen LogP contribution in [0.3, 0.4) is 0 Å². The Hall–Kier alpha value is -2.96. The van der Waals surface area contributed by atoms with E-state index in [2.05, 4.69) is 5.10 Å². The maximum atomic E-state index is 12.7. The average Bonchev–Trinajstić information content (AvgIpc) is 3.29. The zero-order chi connectivity index (χ0) is 22.3. The molecular formula is C24H21ClN2O3S. The number of Topliss-reactive ketones (excluding diaryl/α,β-unsaturated/α-hetero) is 1. The molecule has 0 bridgehead atoms. The third-order valence-corrected chi connectivity index (χ3v) is 6.60. The summed E-state index contributed by atoms with van der Waals surface area (Å²) < 4.78 is 7.11. The monoisotopic (exact) mass is 452 g/mol. The summed E-state index contributed by atoms with van der Waals surface area (Å²) in [5.74, 6) is -0.732. The molecule has 5 nitrogen and oxygen atoms in total. The van der Waals surface area contributed by atoms with Crippen LogP contribution in [0.15, 0.2) is 42.5 Å². The van der Waals surface area contributed by atoms with Gasteiger partial charge in [0.25, 0.3) is 0 Å². The number of hydrogen-bond donors (Lipinski definition) is 0. The van der Waals surface area contributed by atoms with Gasteiger partial charge < -0.3 is 4.74 Å². The number of nitrogens with zero attached hydrogens (tertiary/aromatic N) is 2. The van der Waals surface area contributed by atoms with Gasteiger partial charge in [-0.2, -0.15) is 5.10 Å². The number of carbonyl (C=O) groups excluding carboxylic acids is 2. The molecule has 0 saturated heterocycles. The molecular weight excluding hydrogens is 432 g/mol. The smallest absolute Gasteiger partial charge is 0.348 e. The Morgan fingerprint density at radius 1 is 1.03 bits per heavy atom. The molecule has 4 rings (SSSR count). The number of ketones is 1. The molecule has 2 aromatic carbocycles. The van der Waals surface area contributed by atoms with Gasteiger partial charge in [0.15, 0.2) is 6.61 Å². The van der Waals surface area contributed by atoms with Crippen molar-refractivity contribution in [2.75, 3.05) is 6.61 Å². The molecule has 0 spiro atoms. The zero-order valence-electron chi connectivity index (χ0n) is 17.7. The van der Waals surface area contributed by atoms with E-state index in [-0.39, 0.29) is 12.4 Å². The fourth-order valence-corrected chi connectivity index (χ4v) is 4.73. The molecule has 0 atom stereocenters. The van der Waals surface area contributed by atoms with E-state index in [1.807, 2.05) is 58.0 Å². The van der Waals surface area contributed by atoms with E-state index in [4.69, 9.17) is 16.3 Å². The average molecular weight is 453 g/mol. The highest BCUT2D eigenvalue weighted by Gasteiger charge is 2.20. The van der Waals surface area contributed by atoms with Crippen molar-refractivity contribution >= 4 is 44.9 Å². The Morgan fingerprint density at radius 3 is 2.52 bits per heavy atom. The Morgan fingerprint density at radius 2 is 1.77 bits per heavy atom. The van der Waals surface area contributed by atoms with Crippen molar-refractivity contribution in [3.63, 3.8) is 0 Å². The van der Waals surface area contributed by atoms with Gasteiger partial charge >= 0.3 is 5.97 Å². The number of aryl methyl sites for hydroxylation is 4. The van der Waals surface area contributed by atoms with Crippen LogP contribution < -0.4 is 0 Å². The van der Waals surface area contributed by atoms with Crippen molar-refractivity contribution in [2.45, 2.75) is 27.7 Å². The third kappa shape index (κ3) is 4.13. The lowest BCUT2D eigenvalue weighted by Gasteiger charge is -2.09.